The zero-order valence-electron chi connectivity index (χ0n) is 15.1. The van der Waals surface area contributed by atoms with Crippen molar-refractivity contribution in [1.82, 2.24) is 4.57 Å². The molecule has 1 aliphatic rings. The summed E-state index contributed by atoms with van der Waals surface area (Å²) in [5.74, 6) is 0. The smallest absolute Gasteiger partial charge is 0.275 e. The van der Waals surface area contributed by atoms with E-state index in [-0.39, 0.29) is 11.2 Å². The summed E-state index contributed by atoms with van der Waals surface area (Å²) in [6.07, 6.45) is 4.93. The molecule has 1 fully saturated rings. The van der Waals surface area contributed by atoms with E-state index in [2.05, 4.69) is 11.8 Å². The van der Waals surface area contributed by atoms with Gasteiger partial charge in [-0.05, 0) is 43.0 Å². The number of aryl methyl sites for hydroxylation is 1. The number of halogens is 1. The third kappa shape index (κ3) is 3.74. The summed E-state index contributed by atoms with van der Waals surface area (Å²) in [7, 11) is 0. The molecule has 2 aromatic rings. The Morgan fingerprint density at radius 2 is 2.00 bits per heavy atom. The van der Waals surface area contributed by atoms with Crippen molar-refractivity contribution in [2.24, 2.45) is 0 Å². The molecule has 0 radical (unpaired) electrons. The van der Waals surface area contributed by atoms with E-state index in [0.29, 0.717) is 37.5 Å². The molecule has 0 spiro atoms. The van der Waals surface area contributed by atoms with Gasteiger partial charge in [0, 0.05) is 30.9 Å². The standard InChI is InChI=1S/C20H26ClN3O2/c1-2-3-10-24-11-7-17(18(22)19(24)25)23-12-8-20(26,9-13-23)15-5-4-6-16(21)14-15/h4-7,11,14,26H,2-3,8-10,12-13,22H2,1H3. The van der Waals surface area contributed by atoms with Crippen molar-refractivity contribution in [1.29, 1.82) is 0 Å². The number of piperidine rings is 1. The molecule has 0 amide bonds. The van der Waals surface area contributed by atoms with Gasteiger partial charge in [-0.1, -0.05) is 37.1 Å². The second kappa shape index (κ2) is 7.72. The van der Waals surface area contributed by atoms with Crippen molar-refractivity contribution in [2.45, 2.75) is 44.8 Å². The summed E-state index contributed by atoms with van der Waals surface area (Å²) < 4.78 is 1.68. The number of aliphatic hydroxyl groups is 1. The molecule has 1 aromatic heterocycles. The Morgan fingerprint density at radius 1 is 1.27 bits per heavy atom. The van der Waals surface area contributed by atoms with Gasteiger partial charge < -0.3 is 20.3 Å². The number of pyridine rings is 1. The van der Waals surface area contributed by atoms with Gasteiger partial charge in [0.15, 0.2) is 0 Å². The van der Waals surface area contributed by atoms with Gasteiger partial charge in [0.05, 0.1) is 11.3 Å². The molecular weight excluding hydrogens is 350 g/mol. The Kier molecular flexibility index (Phi) is 5.58. The van der Waals surface area contributed by atoms with Crippen LogP contribution in [0.5, 0.6) is 0 Å². The molecular formula is C20H26ClN3O2. The molecule has 6 heteroatoms. The number of nitrogen functional groups attached to an aromatic ring is 1. The molecule has 1 aliphatic heterocycles. The Balaban J connectivity index is 1.76. The summed E-state index contributed by atoms with van der Waals surface area (Å²) in [4.78, 5) is 14.6. The number of anilines is 2. The molecule has 1 saturated heterocycles. The van der Waals surface area contributed by atoms with Gasteiger partial charge in [0.25, 0.3) is 5.56 Å². The number of hydrogen-bond donors (Lipinski definition) is 2. The normalized spacial score (nSPS) is 16.7. The van der Waals surface area contributed by atoms with E-state index < -0.39 is 5.60 Å². The van der Waals surface area contributed by atoms with Crippen LogP contribution < -0.4 is 16.2 Å². The van der Waals surface area contributed by atoms with E-state index in [1.807, 2.05) is 30.5 Å². The van der Waals surface area contributed by atoms with E-state index in [4.69, 9.17) is 17.3 Å². The van der Waals surface area contributed by atoms with Crippen LogP contribution in [0.4, 0.5) is 11.4 Å². The van der Waals surface area contributed by atoms with Crippen LogP contribution in [-0.2, 0) is 12.1 Å². The predicted octanol–water partition coefficient (Wildman–Crippen LogP) is 3.37. The maximum atomic E-state index is 12.5. The molecule has 140 valence electrons. The SMILES string of the molecule is CCCCn1ccc(N2CCC(O)(c3cccc(Cl)c3)CC2)c(N)c1=O. The minimum Gasteiger partial charge on any atom is -0.393 e. The van der Waals surface area contributed by atoms with Crippen LogP contribution in [0, 0.1) is 0 Å². The lowest BCUT2D eigenvalue weighted by atomic mass is 9.84. The van der Waals surface area contributed by atoms with Gasteiger partial charge in [-0.15, -0.1) is 0 Å². The zero-order valence-corrected chi connectivity index (χ0v) is 15.9. The fourth-order valence-electron chi connectivity index (χ4n) is 3.55. The van der Waals surface area contributed by atoms with Crippen molar-refractivity contribution >= 4 is 23.0 Å². The lowest BCUT2D eigenvalue weighted by molar-refractivity contribution is 0.0118. The monoisotopic (exact) mass is 375 g/mol. The Labute approximate surface area is 159 Å². The van der Waals surface area contributed by atoms with Gasteiger partial charge in [0.2, 0.25) is 0 Å². The highest BCUT2D eigenvalue weighted by Gasteiger charge is 2.34. The summed E-state index contributed by atoms with van der Waals surface area (Å²) in [6, 6.07) is 9.30. The quantitative estimate of drug-likeness (QED) is 0.840. The highest BCUT2D eigenvalue weighted by Crippen LogP contribution is 2.36. The number of hydrogen-bond acceptors (Lipinski definition) is 4. The van der Waals surface area contributed by atoms with E-state index in [1.54, 1.807) is 10.6 Å². The Bertz CT molecular complexity index is 826. The molecule has 0 atom stereocenters. The summed E-state index contributed by atoms with van der Waals surface area (Å²) >= 11 is 6.06. The number of aromatic nitrogens is 1. The van der Waals surface area contributed by atoms with Crippen molar-refractivity contribution in [3.63, 3.8) is 0 Å². The first-order chi connectivity index (χ1) is 12.4. The second-order valence-corrected chi connectivity index (χ2v) is 7.43. The van der Waals surface area contributed by atoms with Crippen molar-refractivity contribution < 1.29 is 5.11 Å². The number of nitrogens with two attached hydrogens (primary N) is 1. The van der Waals surface area contributed by atoms with Gasteiger partial charge in [0.1, 0.15) is 5.69 Å². The third-order valence-electron chi connectivity index (χ3n) is 5.23. The summed E-state index contributed by atoms with van der Waals surface area (Å²) in [5, 5.41) is 11.6. The van der Waals surface area contributed by atoms with Gasteiger partial charge in [-0.25, -0.2) is 0 Å². The van der Waals surface area contributed by atoms with E-state index in [9.17, 15) is 9.90 Å². The number of nitrogens with zero attached hydrogens (tertiary/aromatic N) is 2. The van der Waals surface area contributed by atoms with E-state index in [1.165, 1.54) is 0 Å². The van der Waals surface area contributed by atoms with E-state index in [0.717, 1.165) is 24.1 Å². The number of unbranched alkanes of at least 4 members (excludes halogenated alkanes) is 1. The average molecular weight is 376 g/mol. The van der Waals surface area contributed by atoms with Crippen LogP contribution in [-0.4, -0.2) is 22.8 Å². The Morgan fingerprint density at radius 3 is 2.65 bits per heavy atom. The Hall–Kier alpha value is -1.98. The van der Waals surface area contributed by atoms with Crippen LogP contribution in [0.2, 0.25) is 5.02 Å². The predicted molar refractivity (Wildman–Crippen MR) is 107 cm³/mol. The van der Waals surface area contributed by atoms with Crippen LogP contribution in [0.1, 0.15) is 38.2 Å². The second-order valence-electron chi connectivity index (χ2n) is 7.00. The topological polar surface area (TPSA) is 71.5 Å². The third-order valence-corrected chi connectivity index (χ3v) is 5.46. The molecule has 0 aliphatic carbocycles. The first kappa shape index (κ1) is 18.8. The summed E-state index contributed by atoms with van der Waals surface area (Å²) in [6.45, 7) is 4.04. The molecule has 26 heavy (non-hydrogen) atoms. The van der Waals surface area contributed by atoms with Crippen molar-refractivity contribution in [3.8, 4) is 0 Å². The largest absolute Gasteiger partial charge is 0.393 e. The molecule has 2 heterocycles. The minimum atomic E-state index is -0.897. The number of rotatable bonds is 5. The van der Waals surface area contributed by atoms with Gasteiger partial charge in [-0.3, -0.25) is 4.79 Å². The molecule has 3 N–H and O–H groups in total. The first-order valence-corrected chi connectivity index (χ1v) is 9.55. The van der Waals surface area contributed by atoms with Crippen LogP contribution in [0.15, 0.2) is 41.3 Å². The molecule has 0 saturated carbocycles. The average Bonchev–Trinajstić information content (AvgIpc) is 2.64. The highest BCUT2D eigenvalue weighted by atomic mass is 35.5. The molecule has 5 nitrogen and oxygen atoms in total. The fourth-order valence-corrected chi connectivity index (χ4v) is 3.74. The molecule has 1 aromatic carbocycles. The molecule has 0 unspecified atom stereocenters. The van der Waals surface area contributed by atoms with Crippen molar-refractivity contribution in [3.05, 3.63) is 57.5 Å². The van der Waals surface area contributed by atoms with Crippen molar-refractivity contribution in [2.75, 3.05) is 23.7 Å². The summed E-state index contributed by atoms with van der Waals surface area (Å²) in [5.41, 5.74) is 6.99. The number of benzene rings is 1. The molecule has 3 rings (SSSR count). The van der Waals surface area contributed by atoms with E-state index >= 15 is 0 Å². The van der Waals surface area contributed by atoms with Gasteiger partial charge in [-0.2, -0.15) is 0 Å². The lowest BCUT2D eigenvalue weighted by Gasteiger charge is -2.40. The zero-order chi connectivity index (χ0) is 18.7. The van der Waals surface area contributed by atoms with Crippen LogP contribution in [0.25, 0.3) is 0 Å². The lowest BCUT2D eigenvalue weighted by Crippen LogP contribution is -2.43. The minimum absolute atomic E-state index is 0.133. The van der Waals surface area contributed by atoms with Crippen LogP contribution in [0.3, 0.4) is 0 Å². The fraction of sp³-hybridized carbons (Fsp3) is 0.450. The van der Waals surface area contributed by atoms with Crippen LogP contribution >= 0.6 is 11.6 Å². The molecule has 0 bridgehead atoms. The first-order valence-electron chi connectivity index (χ1n) is 9.17. The highest BCUT2D eigenvalue weighted by molar-refractivity contribution is 6.30. The van der Waals surface area contributed by atoms with Gasteiger partial charge >= 0.3 is 0 Å². The maximum absolute atomic E-state index is 12.5. The maximum Gasteiger partial charge on any atom is 0.275 e.